The number of nitrogens with zero attached hydrogens (tertiary/aromatic N) is 1. The molecule has 0 radical (unpaired) electrons. The molecule has 0 bridgehead atoms. The average molecular weight is 354 g/mol. The first-order valence-electron chi connectivity index (χ1n) is 6.82. The lowest BCUT2D eigenvalue weighted by Crippen LogP contribution is -2.37. The van der Waals surface area contributed by atoms with Crippen LogP contribution in [0.25, 0.3) is 0 Å². The normalized spacial score (nSPS) is 11.2. The summed E-state index contributed by atoms with van der Waals surface area (Å²) in [6, 6.07) is 10.1. The Hall–Kier alpha value is -1.96. The minimum absolute atomic E-state index is 0.208. The van der Waals surface area contributed by atoms with Crippen molar-refractivity contribution in [3.63, 3.8) is 0 Å². The summed E-state index contributed by atoms with van der Waals surface area (Å²) < 4.78 is 26.1. The Labute approximate surface area is 139 Å². The number of pyridine rings is 1. The molecule has 0 saturated carbocycles. The van der Waals surface area contributed by atoms with Crippen LogP contribution in [0, 0.1) is 0 Å². The van der Waals surface area contributed by atoms with E-state index in [4.69, 9.17) is 11.6 Å². The van der Waals surface area contributed by atoms with Crippen molar-refractivity contribution < 1.29 is 13.2 Å². The summed E-state index contributed by atoms with van der Waals surface area (Å²) in [4.78, 5) is 15.6. The second-order valence-electron chi connectivity index (χ2n) is 4.84. The highest BCUT2D eigenvalue weighted by atomic mass is 35.5. The number of rotatable bonds is 7. The van der Waals surface area contributed by atoms with Crippen molar-refractivity contribution in [2.45, 2.75) is 12.3 Å². The van der Waals surface area contributed by atoms with E-state index in [0.29, 0.717) is 17.1 Å². The van der Waals surface area contributed by atoms with E-state index < -0.39 is 15.9 Å². The molecule has 1 amide bonds. The van der Waals surface area contributed by atoms with Crippen LogP contribution in [0.2, 0.25) is 5.02 Å². The van der Waals surface area contributed by atoms with Crippen LogP contribution in [-0.4, -0.2) is 25.9 Å². The maximum Gasteiger partial charge on any atom is 0.235 e. The van der Waals surface area contributed by atoms with E-state index >= 15 is 0 Å². The number of carbonyl (C=O) groups is 1. The first-order chi connectivity index (χ1) is 10.9. The Morgan fingerprint density at radius 2 is 1.87 bits per heavy atom. The van der Waals surface area contributed by atoms with E-state index in [1.54, 1.807) is 42.7 Å². The lowest BCUT2D eigenvalue weighted by atomic mass is 10.2. The number of halogens is 1. The Morgan fingerprint density at radius 3 is 2.52 bits per heavy atom. The zero-order chi connectivity index (χ0) is 16.7. The van der Waals surface area contributed by atoms with E-state index in [0.717, 1.165) is 5.56 Å². The molecule has 0 fully saturated rings. The molecule has 0 unspecified atom stereocenters. The summed E-state index contributed by atoms with van der Waals surface area (Å²) in [5.74, 6) is -0.617. The Bertz CT molecular complexity index is 749. The van der Waals surface area contributed by atoms with Gasteiger partial charge in [0.15, 0.2) is 0 Å². The van der Waals surface area contributed by atoms with Gasteiger partial charge in [-0.1, -0.05) is 29.8 Å². The summed E-state index contributed by atoms with van der Waals surface area (Å²) in [5.41, 5.74) is 1.43. The molecule has 0 aliphatic rings. The van der Waals surface area contributed by atoms with Crippen LogP contribution in [0.15, 0.2) is 48.8 Å². The standard InChI is InChI=1S/C15H16ClN3O3S/c16-14-5-3-12(4-6-14)11-23(21,22)19-10-15(20)18-9-13-2-1-7-17-8-13/h1-8,19H,9-11H2,(H,18,20). The van der Waals surface area contributed by atoms with E-state index in [9.17, 15) is 13.2 Å². The summed E-state index contributed by atoms with van der Waals surface area (Å²) in [6.45, 7) is -0.0121. The molecular formula is C15H16ClN3O3S. The molecule has 122 valence electrons. The maximum atomic E-state index is 11.9. The van der Waals surface area contributed by atoms with Gasteiger partial charge < -0.3 is 5.32 Å². The largest absolute Gasteiger partial charge is 0.351 e. The molecule has 8 heteroatoms. The number of hydrogen-bond donors (Lipinski definition) is 2. The maximum absolute atomic E-state index is 11.9. The summed E-state index contributed by atoms with van der Waals surface area (Å²) in [7, 11) is -3.59. The predicted molar refractivity (Wildman–Crippen MR) is 88.2 cm³/mol. The first-order valence-corrected chi connectivity index (χ1v) is 8.85. The van der Waals surface area contributed by atoms with Gasteiger partial charge in [-0.05, 0) is 29.3 Å². The van der Waals surface area contributed by atoms with Gasteiger partial charge in [-0.3, -0.25) is 9.78 Å². The third kappa shape index (κ3) is 6.35. The second kappa shape index (κ2) is 8.05. The van der Waals surface area contributed by atoms with Gasteiger partial charge in [0, 0.05) is 24.0 Å². The smallest absolute Gasteiger partial charge is 0.235 e. The van der Waals surface area contributed by atoms with E-state index in [1.807, 2.05) is 6.07 Å². The van der Waals surface area contributed by atoms with Crippen molar-refractivity contribution in [1.82, 2.24) is 15.0 Å². The number of sulfonamides is 1. The number of nitrogens with one attached hydrogen (secondary N) is 2. The third-order valence-electron chi connectivity index (χ3n) is 2.94. The summed E-state index contributed by atoms with van der Waals surface area (Å²) in [5, 5.41) is 3.16. The minimum Gasteiger partial charge on any atom is -0.351 e. The predicted octanol–water partition coefficient (Wildman–Crippen LogP) is 1.47. The van der Waals surface area contributed by atoms with Gasteiger partial charge in [-0.2, -0.15) is 0 Å². The van der Waals surface area contributed by atoms with Gasteiger partial charge in [0.2, 0.25) is 15.9 Å². The van der Waals surface area contributed by atoms with Crippen molar-refractivity contribution in [2.75, 3.05) is 6.54 Å². The van der Waals surface area contributed by atoms with Crippen molar-refractivity contribution in [2.24, 2.45) is 0 Å². The van der Waals surface area contributed by atoms with Gasteiger partial charge in [-0.25, -0.2) is 13.1 Å². The topological polar surface area (TPSA) is 88.2 Å². The van der Waals surface area contributed by atoms with Crippen LogP contribution in [0.3, 0.4) is 0 Å². The van der Waals surface area contributed by atoms with Crippen LogP contribution >= 0.6 is 11.6 Å². The van der Waals surface area contributed by atoms with Crippen molar-refractivity contribution in [3.05, 3.63) is 64.9 Å². The Kier molecular flexibility index (Phi) is 6.09. The molecule has 0 saturated heterocycles. The molecule has 2 N–H and O–H groups in total. The molecule has 2 aromatic rings. The van der Waals surface area contributed by atoms with Crippen molar-refractivity contribution >= 4 is 27.5 Å². The third-order valence-corrected chi connectivity index (χ3v) is 4.48. The molecule has 0 spiro atoms. The van der Waals surface area contributed by atoms with E-state index in [2.05, 4.69) is 15.0 Å². The van der Waals surface area contributed by atoms with E-state index in [-0.39, 0.29) is 12.3 Å². The molecule has 0 aliphatic carbocycles. The van der Waals surface area contributed by atoms with Crippen LogP contribution in [0.5, 0.6) is 0 Å². The SMILES string of the molecule is O=C(CNS(=O)(=O)Cc1ccc(Cl)cc1)NCc1cccnc1. The van der Waals surface area contributed by atoms with Gasteiger partial charge in [0.1, 0.15) is 0 Å². The summed E-state index contributed by atoms with van der Waals surface area (Å²) >= 11 is 5.75. The lowest BCUT2D eigenvalue weighted by molar-refractivity contribution is -0.120. The number of amides is 1. The molecule has 1 heterocycles. The fourth-order valence-electron chi connectivity index (χ4n) is 1.79. The van der Waals surface area contributed by atoms with Gasteiger partial charge in [0.05, 0.1) is 12.3 Å². The fourth-order valence-corrected chi connectivity index (χ4v) is 3.00. The number of hydrogen-bond acceptors (Lipinski definition) is 4. The lowest BCUT2D eigenvalue weighted by Gasteiger charge is -2.08. The number of aromatic nitrogens is 1. The molecule has 6 nitrogen and oxygen atoms in total. The van der Waals surface area contributed by atoms with Crippen molar-refractivity contribution in [1.29, 1.82) is 0 Å². The van der Waals surface area contributed by atoms with Crippen LogP contribution < -0.4 is 10.0 Å². The van der Waals surface area contributed by atoms with E-state index in [1.165, 1.54) is 0 Å². The number of carbonyl (C=O) groups excluding carboxylic acids is 1. The Balaban J connectivity index is 1.79. The fraction of sp³-hybridized carbons (Fsp3) is 0.200. The van der Waals surface area contributed by atoms with Gasteiger partial charge >= 0.3 is 0 Å². The molecule has 0 atom stereocenters. The zero-order valence-corrected chi connectivity index (χ0v) is 13.8. The average Bonchev–Trinajstić information content (AvgIpc) is 2.54. The van der Waals surface area contributed by atoms with Crippen molar-refractivity contribution in [3.8, 4) is 0 Å². The highest BCUT2D eigenvalue weighted by molar-refractivity contribution is 7.88. The summed E-state index contributed by atoms with van der Waals surface area (Å²) in [6.07, 6.45) is 3.27. The van der Waals surface area contributed by atoms with Crippen LogP contribution in [-0.2, 0) is 27.1 Å². The highest BCUT2D eigenvalue weighted by Crippen LogP contribution is 2.11. The second-order valence-corrected chi connectivity index (χ2v) is 7.09. The quantitative estimate of drug-likeness (QED) is 0.789. The molecule has 23 heavy (non-hydrogen) atoms. The molecule has 2 rings (SSSR count). The van der Waals surface area contributed by atoms with Gasteiger partial charge in [-0.15, -0.1) is 0 Å². The number of benzene rings is 1. The van der Waals surface area contributed by atoms with Crippen LogP contribution in [0.4, 0.5) is 0 Å². The minimum atomic E-state index is -3.59. The highest BCUT2D eigenvalue weighted by Gasteiger charge is 2.13. The monoisotopic (exact) mass is 353 g/mol. The first kappa shape index (κ1) is 17.4. The van der Waals surface area contributed by atoms with Crippen LogP contribution in [0.1, 0.15) is 11.1 Å². The Morgan fingerprint density at radius 1 is 1.13 bits per heavy atom. The molecule has 1 aromatic heterocycles. The zero-order valence-electron chi connectivity index (χ0n) is 12.2. The van der Waals surface area contributed by atoms with Gasteiger partial charge in [0.25, 0.3) is 0 Å². The molecule has 1 aromatic carbocycles. The molecule has 0 aliphatic heterocycles. The molecular weight excluding hydrogens is 338 g/mol.